The molecule has 5 nitrogen and oxygen atoms in total. The van der Waals surface area contributed by atoms with Crippen molar-refractivity contribution in [1.29, 1.82) is 0 Å². The molecule has 2 heterocycles. The summed E-state index contributed by atoms with van der Waals surface area (Å²) in [7, 11) is 1.61. The first-order chi connectivity index (χ1) is 14.8. The lowest BCUT2D eigenvalue weighted by Crippen LogP contribution is -2.39. The minimum atomic E-state index is -0.596. The maximum Gasteiger partial charge on any atom is 0.316 e. The Kier molecular flexibility index (Phi) is 5.84. The first-order valence-electron chi connectivity index (χ1n) is 10.4. The molecule has 6 heteroatoms. The van der Waals surface area contributed by atoms with E-state index >= 15 is 0 Å². The van der Waals surface area contributed by atoms with Crippen molar-refractivity contribution in [3.8, 4) is 5.75 Å². The van der Waals surface area contributed by atoms with Crippen molar-refractivity contribution in [3.63, 3.8) is 0 Å². The third-order valence-electron chi connectivity index (χ3n) is 5.95. The SMILES string of the molecule is COc1ccc(COC(=O)C2C(C)=NC3=C(C(=O)CC(C)(C)C3)[C@H]2c2cccs2)cc1. The molecule has 162 valence electrons. The summed E-state index contributed by atoms with van der Waals surface area (Å²) in [6, 6.07) is 11.4. The predicted molar refractivity (Wildman–Crippen MR) is 121 cm³/mol. The number of Topliss-reactive ketones (excluding diaryl/α,β-unsaturated/α-hetero) is 1. The number of rotatable bonds is 5. The van der Waals surface area contributed by atoms with E-state index in [0.29, 0.717) is 17.7 Å². The van der Waals surface area contributed by atoms with Crippen LogP contribution in [0.1, 0.15) is 50.0 Å². The van der Waals surface area contributed by atoms with E-state index in [4.69, 9.17) is 14.5 Å². The van der Waals surface area contributed by atoms with Crippen LogP contribution >= 0.6 is 11.3 Å². The zero-order valence-electron chi connectivity index (χ0n) is 18.3. The van der Waals surface area contributed by atoms with Gasteiger partial charge in [0.1, 0.15) is 18.3 Å². The molecule has 0 bridgehead atoms. The second-order valence-electron chi connectivity index (χ2n) is 8.98. The van der Waals surface area contributed by atoms with Crippen molar-refractivity contribution in [2.24, 2.45) is 16.3 Å². The Hall–Kier alpha value is -2.73. The van der Waals surface area contributed by atoms with Crippen molar-refractivity contribution >= 4 is 28.8 Å². The third kappa shape index (κ3) is 4.35. The van der Waals surface area contributed by atoms with Gasteiger partial charge in [0.15, 0.2) is 5.78 Å². The Morgan fingerprint density at radius 2 is 1.94 bits per heavy atom. The first-order valence-corrected chi connectivity index (χ1v) is 11.3. The quantitative estimate of drug-likeness (QED) is 0.594. The minimum Gasteiger partial charge on any atom is -0.497 e. The highest BCUT2D eigenvalue weighted by Crippen LogP contribution is 2.48. The number of nitrogens with zero attached hydrogens (tertiary/aromatic N) is 1. The number of hydrogen-bond acceptors (Lipinski definition) is 6. The molecular weight excluding hydrogens is 410 g/mol. The molecule has 0 amide bonds. The smallest absolute Gasteiger partial charge is 0.316 e. The highest BCUT2D eigenvalue weighted by molar-refractivity contribution is 7.10. The molecule has 2 aliphatic rings. The van der Waals surface area contributed by atoms with E-state index in [1.54, 1.807) is 18.4 Å². The van der Waals surface area contributed by atoms with Gasteiger partial charge in [0.05, 0.1) is 7.11 Å². The Morgan fingerprint density at radius 1 is 1.19 bits per heavy atom. The lowest BCUT2D eigenvalue weighted by molar-refractivity contribution is -0.147. The molecule has 31 heavy (non-hydrogen) atoms. The molecule has 4 rings (SSSR count). The Bertz CT molecular complexity index is 1050. The summed E-state index contributed by atoms with van der Waals surface area (Å²) < 4.78 is 10.9. The molecular formula is C25H27NO4S. The van der Waals surface area contributed by atoms with E-state index in [1.165, 1.54) is 0 Å². The number of hydrogen-bond donors (Lipinski definition) is 0. The van der Waals surface area contributed by atoms with Crippen LogP contribution in [-0.4, -0.2) is 24.6 Å². The van der Waals surface area contributed by atoms with Crippen molar-refractivity contribution in [3.05, 3.63) is 63.5 Å². The Morgan fingerprint density at radius 3 is 2.58 bits per heavy atom. The largest absolute Gasteiger partial charge is 0.497 e. The number of methoxy groups -OCH3 is 1. The van der Waals surface area contributed by atoms with E-state index in [9.17, 15) is 9.59 Å². The predicted octanol–water partition coefficient (Wildman–Crippen LogP) is 5.32. The monoisotopic (exact) mass is 437 g/mol. The number of aliphatic imine (C=N–C) groups is 1. The van der Waals surface area contributed by atoms with Crippen LogP contribution < -0.4 is 4.74 Å². The van der Waals surface area contributed by atoms with E-state index in [-0.39, 0.29) is 29.7 Å². The summed E-state index contributed by atoms with van der Waals surface area (Å²) in [6.07, 6.45) is 1.21. The van der Waals surface area contributed by atoms with Crippen molar-refractivity contribution in [2.75, 3.05) is 7.11 Å². The number of allylic oxidation sites excluding steroid dienone is 2. The van der Waals surface area contributed by atoms with Crippen LogP contribution in [0.25, 0.3) is 0 Å². The number of ether oxygens (including phenoxy) is 2. The van der Waals surface area contributed by atoms with Crippen LogP contribution in [0.2, 0.25) is 0 Å². The van der Waals surface area contributed by atoms with E-state index in [1.807, 2.05) is 48.7 Å². The molecule has 1 aromatic heterocycles. The summed E-state index contributed by atoms with van der Waals surface area (Å²) >= 11 is 1.57. The van der Waals surface area contributed by atoms with Gasteiger partial charge in [-0.15, -0.1) is 11.3 Å². The fourth-order valence-corrected chi connectivity index (χ4v) is 5.36. The van der Waals surface area contributed by atoms with Gasteiger partial charge < -0.3 is 9.47 Å². The molecule has 1 aromatic carbocycles. The minimum absolute atomic E-state index is 0.0915. The first kappa shape index (κ1) is 21.5. The zero-order valence-corrected chi connectivity index (χ0v) is 19.1. The summed E-state index contributed by atoms with van der Waals surface area (Å²) in [5.74, 6) is -0.435. The second-order valence-corrected chi connectivity index (χ2v) is 9.96. The van der Waals surface area contributed by atoms with Gasteiger partial charge in [-0.1, -0.05) is 32.0 Å². The van der Waals surface area contributed by atoms with Crippen molar-refractivity contribution < 1.29 is 19.1 Å². The van der Waals surface area contributed by atoms with Gasteiger partial charge in [0.25, 0.3) is 0 Å². The molecule has 2 aromatic rings. The number of ketones is 1. The fourth-order valence-electron chi connectivity index (χ4n) is 4.49. The molecule has 0 spiro atoms. The number of benzene rings is 1. The normalized spacial score (nSPS) is 22.6. The number of esters is 1. The zero-order chi connectivity index (χ0) is 22.2. The van der Waals surface area contributed by atoms with Crippen LogP contribution in [0.15, 0.2) is 58.0 Å². The van der Waals surface area contributed by atoms with Gasteiger partial charge in [-0.05, 0) is 47.9 Å². The van der Waals surface area contributed by atoms with Crippen LogP contribution in [0, 0.1) is 11.3 Å². The van der Waals surface area contributed by atoms with Crippen LogP contribution in [-0.2, 0) is 20.9 Å². The van der Waals surface area contributed by atoms with Gasteiger partial charge in [-0.3, -0.25) is 14.6 Å². The molecule has 1 aliphatic carbocycles. The molecule has 0 fully saturated rings. The average molecular weight is 438 g/mol. The molecule has 2 atom stereocenters. The maximum absolute atomic E-state index is 13.3. The highest BCUT2D eigenvalue weighted by atomic mass is 32.1. The van der Waals surface area contributed by atoms with E-state index < -0.39 is 5.92 Å². The average Bonchev–Trinajstić information content (AvgIpc) is 3.25. The summed E-state index contributed by atoms with van der Waals surface area (Å²) in [5, 5.41) is 1.98. The molecule has 0 saturated heterocycles. The van der Waals surface area contributed by atoms with Gasteiger partial charge in [0, 0.05) is 34.2 Å². The van der Waals surface area contributed by atoms with Crippen molar-refractivity contribution in [1.82, 2.24) is 0 Å². The Balaban J connectivity index is 1.63. The van der Waals surface area contributed by atoms with Crippen LogP contribution in [0.3, 0.4) is 0 Å². The van der Waals surface area contributed by atoms with E-state index in [0.717, 1.165) is 28.3 Å². The summed E-state index contributed by atoms with van der Waals surface area (Å²) in [4.78, 5) is 32.2. The lowest BCUT2D eigenvalue weighted by atomic mass is 9.68. The maximum atomic E-state index is 13.3. The molecule has 0 radical (unpaired) electrons. The molecule has 0 saturated carbocycles. The number of carbonyl (C=O) groups is 2. The number of thiophene rings is 1. The van der Waals surface area contributed by atoms with Gasteiger partial charge in [-0.25, -0.2) is 0 Å². The van der Waals surface area contributed by atoms with Gasteiger partial charge in [-0.2, -0.15) is 0 Å². The highest BCUT2D eigenvalue weighted by Gasteiger charge is 2.46. The van der Waals surface area contributed by atoms with Gasteiger partial charge in [0.2, 0.25) is 0 Å². The fraction of sp³-hybridized carbons (Fsp3) is 0.400. The van der Waals surface area contributed by atoms with Gasteiger partial charge >= 0.3 is 5.97 Å². The molecule has 0 N–H and O–H groups in total. The van der Waals surface area contributed by atoms with E-state index in [2.05, 4.69) is 13.8 Å². The van der Waals surface area contributed by atoms with Crippen LogP contribution in [0.5, 0.6) is 5.75 Å². The molecule has 1 unspecified atom stereocenters. The van der Waals surface area contributed by atoms with Crippen molar-refractivity contribution in [2.45, 2.75) is 46.1 Å². The summed E-state index contributed by atoms with van der Waals surface area (Å²) in [6.45, 7) is 6.22. The lowest BCUT2D eigenvalue weighted by Gasteiger charge is -2.38. The molecule has 1 aliphatic heterocycles. The second kappa shape index (κ2) is 8.42. The number of carbonyl (C=O) groups excluding carboxylic acids is 2. The Labute approximate surface area is 186 Å². The standard InChI is InChI=1S/C25H27NO4S/c1-15-21(24(28)30-14-16-7-9-17(29-4)10-8-16)23(20-6-5-11-31-20)22-18(26-15)12-25(2,3)13-19(22)27/h5-11,21,23H,12-14H2,1-4H3/t21?,23-/m0/s1. The summed E-state index contributed by atoms with van der Waals surface area (Å²) in [5.41, 5.74) is 2.99. The topological polar surface area (TPSA) is 65.0 Å². The third-order valence-corrected chi connectivity index (χ3v) is 6.90. The van der Waals surface area contributed by atoms with Crippen LogP contribution in [0.4, 0.5) is 0 Å².